The van der Waals surface area contributed by atoms with Gasteiger partial charge >= 0.3 is 6.09 Å². The second-order valence-electron chi connectivity index (χ2n) is 9.84. The maximum absolute atomic E-state index is 14.3. The van der Waals surface area contributed by atoms with E-state index in [0.29, 0.717) is 36.6 Å². The van der Waals surface area contributed by atoms with Gasteiger partial charge in [-0.15, -0.1) is 0 Å². The molecule has 1 aliphatic carbocycles. The highest BCUT2D eigenvalue weighted by Crippen LogP contribution is 2.49. The van der Waals surface area contributed by atoms with E-state index in [0.717, 1.165) is 24.1 Å². The lowest BCUT2D eigenvalue weighted by atomic mass is 9.73. The smallest absolute Gasteiger partial charge is 0.415 e. The monoisotopic (exact) mass is 525 g/mol. The van der Waals surface area contributed by atoms with Gasteiger partial charge < -0.3 is 9.47 Å². The Hall–Kier alpha value is -3.47. The van der Waals surface area contributed by atoms with E-state index < -0.39 is 23.5 Å². The Balaban J connectivity index is 0.000000279. The minimum Gasteiger partial charge on any atom is -0.492 e. The molecule has 1 saturated heterocycles. The molecule has 0 radical (unpaired) electrons. The first-order valence-corrected chi connectivity index (χ1v) is 13.3. The van der Waals surface area contributed by atoms with Gasteiger partial charge in [0.2, 0.25) is 0 Å². The number of aliphatic imine (C=N–C) groups is 1. The van der Waals surface area contributed by atoms with E-state index in [4.69, 9.17) is 14.7 Å². The second kappa shape index (κ2) is 12.9. The second-order valence-corrected chi connectivity index (χ2v) is 9.84. The van der Waals surface area contributed by atoms with Gasteiger partial charge in [-0.3, -0.25) is 9.89 Å². The van der Waals surface area contributed by atoms with E-state index in [1.165, 1.54) is 4.90 Å². The number of nitriles is 1. The predicted octanol–water partition coefficient (Wildman–Crippen LogP) is 8.00. The topological polar surface area (TPSA) is 74.9 Å². The number of hydrogen-bond donors (Lipinski definition) is 0. The van der Waals surface area contributed by atoms with Crippen LogP contribution in [0.2, 0.25) is 0 Å². The van der Waals surface area contributed by atoms with E-state index >= 15 is 0 Å². The molecule has 1 spiro atoms. The quantitative estimate of drug-likeness (QED) is 0.343. The van der Waals surface area contributed by atoms with Crippen LogP contribution >= 0.6 is 0 Å². The van der Waals surface area contributed by atoms with Gasteiger partial charge in [0.05, 0.1) is 36.2 Å². The molecule has 0 bridgehead atoms. The van der Waals surface area contributed by atoms with Crippen LogP contribution in [0.25, 0.3) is 0 Å². The molecular weight excluding hydrogens is 488 g/mol. The summed E-state index contributed by atoms with van der Waals surface area (Å²) in [7, 11) is 0. The molecule has 6 nitrogen and oxygen atoms in total. The van der Waals surface area contributed by atoms with E-state index in [2.05, 4.69) is 11.1 Å². The van der Waals surface area contributed by atoms with Crippen molar-refractivity contribution in [1.29, 1.82) is 5.26 Å². The zero-order valence-corrected chi connectivity index (χ0v) is 22.7. The average molecular weight is 526 g/mol. The summed E-state index contributed by atoms with van der Waals surface area (Å²) in [5, 5.41) is 8.59. The van der Waals surface area contributed by atoms with Gasteiger partial charge in [-0.05, 0) is 75.9 Å². The van der Waals surface area contributed by atoms with Crippen molar-refractivity contribution in [1.82, 2.24) is 0 Å². The highest BCUT2D eigenvalue weighted by molar-refractivity contribution is 5.92. The number of nitrogens with zero attached hydrogens (tertiary/aromatic N) is 3. The maximum Gasteiger partial charge on any atom is 0.415 e. The number of unbranched alkanes of at least 4 members (excludes halogenated alkanes) is 1. The van der Waals surface area contributed by atoms with Gasteiger partial charge in [0, 0.05) is 18.6 Å². The molecule has 8 heteroatoms. The number of hydrogen-bond acceptors (Lipinski definition) is 5. The lowest BCUT2D eigenvalue weighted by Gasteiger charge is -2.40. The lowest BCUT2D eigenvalue weighted by Crippen LogP contribution is -2.47. The van der Waals surface area contributed by atoms with Gasteiger partial charge in [-0.25, -0.2) is 13.6 Å². The third-order valence-electron chi connectivity index (χ3n) is 7.06. The first kappa shape index (κ1) is 29.1. The highest BCUT2D eigenvalue weighted by Gasteiger charge is 2.56. The number of rotatable bonds is 7. The molecule has 2 aliphatic rings. The van der Waals surface area contributed by atoms with Gasteiger partial charge in [0.25, 0.3) is 5.92 Å². The van der Waals surface area contributed by atoms with Gasteiger partial charge in [-0.2, -0.15) is 5.26 Å². The number of amides is 1. The van der Waals surface area contributed by atoms with E-state index in [1.54, 1.807) is 24.4 Å². The summed E-state index contributed by atoms with van der Waals surface area (Å²) in [6.45, 7) is 8.48. The van der Waals surface area contributed by atoms with Gasteiger partial charge in [0.1, 0.15) is 11.4 Å². The Morgan fingerprint density at radius 2 is 2.00 bits per heavy atom. The molecule has 2 unspecified atom stereocenters. The van der Waals surface area contributed by atoms with Gasteiger partial charge in [-0.1, -0.05) is 31.9 Å². The molecule has 1 heterocycles. The molecule has 1 saturated carbocycles. The maximum atomic E-state index is 14.3. The van der Waals surface area contributed by atoms with Crippen LogP contribution < -0.4 is 9.64 Å². The molecular formula is C30H37F2N3O3. The molecule has 1 aliphatic heterocycles. The van der Waals surface area contributed by atoms with E-state index in [1.807, 2.05) is 52.0 Å². The largest absolute Gasteiger partial charge is 0.492 e. The summed E-state index contributed by atoms with van der Waals surface area (Å²) in [6.07, 6.45) is 3.58. The summed E-state index contributed by atoms with van der Waals surface area (Å²) in [5.41, 5.74) is 2.46. The lowest BCUT2D eigenvalue weighted by molar-refractivity contribution is -0.137. The number of alkyl halides is 2. The molecule has 38 heavy (non-hydrogen) atoms. The van der Waals surface area contributed by atoms with Crippen LogP contribution in [0.15, 0.2) is 47.5 Å². The number of anilines is 1. The number of ether oxygens (including phenoxy) is 2. The molecule has 2 atom stereocenters. The minimum atomic E-state index is -2.68. The number of halogens is 2. The minimum absolute atomic E-state index is 0.196. The zero-order valence-electron chi connectivity index (χ0n) is 22.7. The van der Waals surface area contributed by atoms with Gasteiger partial charge in [0.15, 0.2) is 0 Å². The number of carbonyl (C=O) groups is 1. The van der Waals surface area contributed by atoms with Crippen LogP contribution in [-0.4, -0.2) is 37.0 Å². The fourth-order valence-electron chi connectivity index (χ4n) is 5.07. The van der Waals surface area contributed by atoms with Crippen LogP contribution in [0.1, 0.15) is 70.4 Å². The van der Waals surface area contributed by atoms with Crippen molar-refractivity contribution in [2.75, 3.05) is 18.1 Å². The van der Waals surface area contributed by atoms with Crippen molar-refractivity contribution >= 4 is 23.7 Å². The molecule has 204 valence electrons. The molecule has 4 rings (SSSR count). The summed E-state index contributed by atoms with van der Waals surface area (Å²) >= 11 is 0. The fourth-order valence-corrected chi connectivity index (χ4v) is 5.07. The van der Waals surface area contributed by atoms with E-state index in [-0.39, 0.29) is 19.3 Å². The summed E-state index contributed by atoms with van der Waals surface area (Å²) in [4.78, 5) is 18.2. The third-order valence-corrected chi connectivity index (χ3v) is 7.06. The molecule has 2 aromatic rings. The zero-order chi connectivity index (χ0) is 27.8. The Labute approximate surface area is 224 Å². The van der Waals surface area contributed by atoms with Crippen LogP contribution in [0.5, 0.6) is 5.75 Å². The Kier molecular flexibility index (Phi) is 9.84. The highest BCUT2D eigenvalue weighted by atomic mass is 19.3. The molecule has 2 fully saturated rings. The number of para-hydroxylation sites is 2. The standard InChI is InChI=1S/C20H27F2NO3.C10H10N2/c1-3-5-8-15-13-19(11-12-20(15,21)22)14-23(18(24)26-19)16-9-6-7-10-17(16)25-4-2;1-3-12-10-5-4-9(7-11)6-8(10)2/h6-7,9-10,15H,3-5,8,11-14H2,1-2H3;3-6H,1-2H3. The Morgan fingerprint density at radius 1 is 1.24 bits per heavy atom. The fraction of sp³-hybridized carbons (Fsp3) is 0.500. The summed E-state index contributed by atoms with van der Waals surface area (Å²) in [6, 6.07) is 14.8. The van der Waals surface area contributed by atoms with Crippen molar-refractivity contribution in [3.63, 3.8) is 0 Å². The Morgan fingerprint density at radius 3 is 2.66 bits per heavy atom. The normalized spacial score (nSPS) is 22.1. The third kappa shape index (κ3) is 6.89. The molecule has 0 N–H and O–H groups in total. The molecule has 1 amide bonds. The average Bonchev–Trinajstić information content (AvgIpc) is 3.22. The molecule has 0 aromatic heterocycles. The van der Waals surface area contributed by atoms with Crippen molar-refractivity contribution in [2.24, 2.45) is 10.9 Å². The number of benzene rings is 2. The van der Waals surface area contributed by atoms with Crippen molar-refractivity contribution < 1.29 is 23.0 Å². The van der Waals surface area contributed by atoms with Crippen molar-refractivity contribution in [3.05, 3.63) is 53.6 Å². The van der Waals surface area contributed by atoms with Crippen LogP contribution in [-0.2, 0) is 4.74 Å². The number of carbonyl (C=O) groups excluding carboxylic acids is 1. The predicted molar refractivity (Wildman–Crippen MR) is 146 cm³/mol. The van der Waals surface area contributed by atoms with Crippen LogP contribution in [0, 0.1) is 24.2 Å². The van der Waals surface area contributed by atoms with Crippen LogP contribution in [0.3, 0.4) is 0 Å². The Bertz CT molecular complexity index is 1180. The van der Waals surface area contributed by atoms with Crippen molar-refractivity contribution in [3.8, 4) is 11.8 Å². The first-order valence-electron chi connectivity index (χ1n) is 13.3. The van der Waals surface area contributed by atoms with Crippen LogP contribution in [0.4, 0.5) is 25.0 Å². The van der Waals surface area contributed by atoms with Crippen molar-refractivity contribution in [2.45, 2.75) is 77.7 Å². The molecule has 2 aromatic carbocycles. The summed E-state index contributed by atoms with van der Waals surface area (Å²) < 4.78 is 40.0. The first-order chi connectivity index (χ1) is 18.2. The van der Waals surface area contributed by atoms with E-state index in [9.17, 15) is 13.6 Å². The summed E-state index contributed by atoms with van der Waals surface area (Å²) in [5.74, 6) is -2.80. The number of aryl methyl sites for hydroxylation is 1. The SMILES string of the molecule is CC=Nc1ccc(C#N)cc1C.CCCCC1CC2(CCC1(F)F)CN(c1ccccc1OCC)C(=O)O2.